The molecule has 0 saturated heterocycles. The van der Waals surface area contributed by atoms with Crippen LogP contribution in [-0.4, -0.2) is 44.7 Å². The van der Waals surface area contributed by atoms with Crippen molar-refractivity contribution >= 4 is 23.2 Å². The van der Waals surface area contributed by atoms with Crippen LogP contribution in [0.15, 0.2) is 54.7 Å². The van der Waals surface area contributed by atoms with Gasteiger partial charge < -0.3 is 25.5 Å². The molecule has 2 aromatic carbocycles. The van der Waals surface area contributed by atoms with Crippen LogP contribution in [0.2, 0.25) is 0 Å². The van der Waals surface area contributed by atoms with Crippen molar-refractivity contribution in [3.63, 3.8) is 0 Å². The maximum absolute atomic E-state index is 13.5. The molecule has 0 atom stereocenters. The number of hydrogen-bond acceptors (Lipinski definition) is 7. The minimum Gasteiger partial charge on any atom is -0.495 e. The zero-order valence-electron chi connectivity index (χ0n) is 19.3. The van der Waals surface area contributed by atoms with Gasteiger partial charge in [-0.15, -0.1) is 0 Å². The lowest BCUT2D eigenvalue weighted by Gasteiger charge is -2.13. The molecule has 0 aliphatic carbocycles. The first-order chi connectivity index (χ1) is 17.0. The number of carbonyl (C=O) groups is 1. The highest BCUT2D eigenvalue weighted by Gasteiger charge is 2.17. The number of aliphatic hydroxyl groups excluding tert-OH is 1. The van der Waals surface area contributed by atoms with Crippen molar-refractivity contribution in [1.82, 2.24) is 19.9 Å². The number of amides is 1. The van der Waals surface area contributed by atoms with Gasteiger partial charge in [-0.3, -0.25) is 4.79 Å². The number of carbonyl (C=O) groups excluding carboxylic acids is 1. The van der Waals surface area contributed by atoms with Crippen molar-refractivity contribution in [2.75, 3.05) is 24.4 Å². The van der Waals surface area contributed by atoms with Crippen LogP contribution in [-0.2, 0) is 11.2 Å². The Morgan fingerprint density at radius 3 is 2.66 bits per heavy atom. The van der Waals surface area contributed by atoms with E-state index >= 15 is 0 Å². The quantitative estimate of drug-likeness (QED) is 0.284. The SMILES string of the molecule is CCC(=O)Nc1ccc(OC)c(Nc2nccc(-c3[nH]c(CCO)nc3-c3ccc(F)cc3)n2)c1. The van der Waals surface area contributed by atoms with Crippen molar-refractivity contribution in [2.24, 2.45) is 0 Å². The lowest BCUT2D eigenvalue weighted by Crippen LogP contribution is -2.10. The minimum absolute atomic E-state index is 0.0723. The molecule has 9 nitrogen and oxygen atoms in total. The Bertz CT molecular complexity index is 1320. The number of nitrogens with zero attached hydrogens (tertiary/aromatic N) is 3. The molecule has 35 heavy (non-hydrogen) atoms. The van der Waals surface area contributed by atoms with Gasteiger partial charge in [0.05, 0.1) is 36.5 Å². The van der Waals surface area contributed by atoms with Gasteiger partial charge in [0.15, 0.2) is 0 Å². The van der Waals surface area contributed by atoms with Gasteiger partial charge in [0.2, 0.25) is 11.9 Å². The van der Waals surface area contributed by atoms with E-state index in [1.54, 1.807) is 56.6 Å². The molecular weight excluding hydrogens is 451 g/mol. The number of halogens is 1. The summed E-state index contributed by atoms with van der Waals surface area (Å²) in [5.74, 6) is 0.971. The summed E-state index contributed by atoms with van der Waals surface area (Å²) in [5.41, 5.74) is 3.63. The Morgan fingerprint density at radius 2 is 1.94 bits per heavy atom. The van der Waals surface area contributed by atoms with Crippen LogP contribution in [0.1, 0.15) is 19.2 Å². The summed E-state index contributed by atoms with van der Waals surface area (Å²) >= 11 is 0. The van der Waals surface area contributed by atoms with Gasteiger partial charge in [0.25, 0.3) is 0 Å². The lowest BCUT2D eigenvalue weighted by atomic mass is 10.1. The molecule has 0 aliphatic heterocycles. The normalized spacial score (nSPS) is 10.7. The summed E-state index contributed by atoms with van der Waals surface area (Å²) in [6.07, 6.45) is 2.29. The third kappa shape index (κ3) is 5.61. The molecule has 4 aromatic rings. The minimum atomic E-state index is -0.346. The van der Waals surface area contributed by atoms with Crippen LogP contribution >= 0.6 is 0 Å². The second kappa shape index (κ2) is 10.7. The van der Waals surface area contributed by atoms with Crippen molar-refractivity contribution < 1.29 is 19.0 Å². The Balaban J connectivity index is 1.69. The van der Waals surface area contributed by atoms with E-state index in [1.165, 1.54) is 12.1 Å². The zero-order chi connectivity index (χ0) is 24.8. The maximum atomic E-state index is 13.5. The smallest absolute Gasteiger partial charge is 0.227 e. The van der Waals surface area contributed by atoms with Crippen LogP contribution < -0.4 is 15.4 Å². The summed E-state index contributed by atoms with van der Waals surface area (Å²) < 4.78 is 18.9. The summed E-state index contributed by atoms with van der Waals surface area (Å²) in [5, 5.41) is 15.3. The number of H-pyrrole nitrogens is 1. The Labute approximate surface area is 201 Å². The molecule has 0 bridgehead atoms. The van der Waals surface area contributed by atoms with Crippen LogP contribution in [0.5, 0.6) is 5.75 Å². The van der Waals surface area contributed by atoms with E-state index in [-0.39, 0.29) is 18.3 Å². The molecule has 0 fully saturated rings. The average molecular weight is 477 g/mol. The number of nitrogens with one attached hydrogen (secondary N) is 3. The van der Waals surface area contributed by atoms with E-state index in [0.717, 1.165) is 0 Å². The molecular formula is C25H25FN6O3. The molecule has 0 aliphatic rings. The predicted octanol–water partition coefficient (Wildman–Crippen LogP) is 4.31. The van der Waals surface area contributed by atoms with Crippen LogP contribution in [0.25, 0.3) is 22.6 Å². The summed E-state index contributed by atoms with van der Waals surface area (Å²) in [4.78, 5) is 28.5. The van der Waals surface area contributed by atoms with Gasteiger partial charge >= 0.3 is 0 Å². The molecule has 4 N–H and O–H groups in total. The first-order valence-corrected chi connectivity index (χ1v) is 11.0. The molecule has 180 valence electrons. The fourth-order valence-corrected chi connectivity index (χ4v) is 3.46. The molecule has 4 rings (SSSR count). The van der Waals surface area contributed by atoms with E-state index in [4.69, 9.17) is 4.74 Å². The number of aliphatic hydroxyl groups is 1. The van der Waals surface area contributed by atoms with E-state index in [9.17, 15) is 14.3 Å². The molecule has 2 heterocycles. The van der Waals surface area contributed by atoms with Crippen LogP contribution in [0, 0.1) is 5.82 Å². The van der Waals surface area contributed by atoms with Gasteiger partial charge in [0, 0.05) is 30.3 Å². The number of methoxy groups -OCH3 is 1. The topological polar surface area (TPSA) is 125 Å². The number of aromatic amines is 1. The van der Waals surface area contributed by atoms with E-state index in [1.807, 2.05) is 0 Å². The highest BCUT2D eigenvalue weighted by Crippen LogP contribution is 2.32. The average Bonchev–Trinajstić information content (AvgIpc) is 3.29. The lowest BCUT2D eigenvalue weighted by molar-refractivity contribution is -0.115. The predicted molar refractivity (Wildman–Crippen MR) is 131 cm³/mol. The fourth-order valence-electron chi connectivity index (χ4n) is 3.46. The van der Waals surface area contributed by atoms with Gasteiger partial charge in [0.1, 0.15) is 17.4 Å². The molecule has 0 saturated carbocycles. The summed E-state index contributed by atoms with van der Waals surface area (Å²) in [6.45, 7) is 1.70. The molecule has 10 heteroatoms. The van der Waals surface area contributed by atoms with Crippen LogP contribution in [0.3, 0.4) is 0 Å². The fraction of sp³-hybridized carbons (Fsp3) is 0.200. The third-order valence-corrected chi connectivity index (χ3v) is 5.18. The molecule has 0 radical (unpaired) electrons. The number of imidazole rings is 1. The van der Waals surface area contributed by atoms with Crippen molar-refractivity contribution in [2.45, 2.75) is 19.8 Å². The Morgan fingerprint density at radius 1 is 1.14 bits per heavy atom. The monoisotopic (exact) mass is 476 g/mol. The Kier molecular flexibility index (Phi) is 7.32. The van der Waals surface area contributed by atoms with E-state index < -0.39 is 0 Å². The molecule has 0 unspecified atom stereocenters. The molecule has 2 aromatic heterocycles. The zero-order valence-corrected chi connectivity index (χ0v) is 19.3. The van der Waals surface area contributed by atoms with Gasteiger partial charge in [-0.2, -0.15) is 0 Å². The first kappa shape index (κ1) is 23.8. The van der Waals surface area contributed by atoms with Crippen LogP contribution in [0.4, 0.5) is 21.7 Å². The van der Waals surface area contributed by atoms with Gasteiger partial charge in [-0.05, 0) is 48.5 Å². The number of hydrogen-bond donors (Lipinski definition) is 4. The summed E-state index contributed by atoms with van der Waals surface area (Å²) in [6, 6.07) is 13.0. The van der Waals surface area contributed by atoms with E-state index in [2.05, 4.69) is 30.6 Å². The first-order valence-electron chi connectivity index (χ1n) is 11.0. The highest BCUT2D eigenvalue weighted by atomic mass is 19.1. The largest absolute Gasteiger partial charge is 0.495 e. The third-order valence-electron chi connectivity index (χ3n) is 5.18. The Hall–Kier alpha value is -4.31. The highest BCUT2D eigenvalue weighted by molar-refractivity contribution is 5.91. The number of ether oxygens (including phenoxy) is 1. The number of anilines is 3. The van der Waals surface area contributed by atoms with E-state index in [0.29, 0.717) is 64.4 Å². The second-order valence-corrected chi connectivity index (χ2v) is 7.59. The van der Waals surface area contributed by atoms with Gasteiger partial charge in [-0.1, -0.05) is 6.92 Å². The standard InChI is InChI=1S/C25H25FN6O3/c1-3-22(34)28-17-8-9-20(35-2)19(14-17)30-25-27-12-10-18(29-25)24-23(31-21(32-24)11-13-33)15-4-6-16(26)7-5-15/h4-10,12,14,33H,3,11,13H2,1-2H3,(H,28,34)(H,31,32)(H,27,29,30). The van der Waals surface area contributed by atoms with Crippen molar-refractivity contribution in [1.29, 1.82) is 0 Å². The number of aromatic nitrogens is 4. The maximum Gasteiger partial charge on any atom is 0.227 e. The van der Waals surface area contributed by atoms with Gasteiger partial charge in [-0.25, -0.2) is 19.3 Å². The number of rotatable bonds is 9. The summed E-state index contributed by atoms with van der Waals surface area (Å²) in [7, 11) is 1.55. The number of benzene rings is 2. The van der Waals surface area contributed by atoms with Crippen molar-refractivity contribution in [3.05, 3.63) is 66.4 Å². The molecule has 0 spiro atoms. The second-order valence-electron chi connectivity index (χ2n) is 7.59. The van der Waals surface area contributed by atoms with Crippen molar-refractivity contribution in [3.8, 4) is 28.4 Å². The molecule has 1 amide bonds.